The molecule has 178 valence electrons. The molecule has 0 aliphatic heterocycles. The van der Waals surface area contributed by atoms with Crippen molar-refractivity contribution >= 4 is 0 Å². The SMILES string of the molecule is C/C=C/CCc1ccc(C2CCC(C3CCC(C[C@H](C)c4ccccc4)CC3)CC2)cc1F. The number of allylic oxidation sites excluding steroid dienone is 2. The summed E-state index contributed by atoms with van der Waals surface area (Å²) in [5, 5.41) is 0. The van der Waals surface area contributed by atoms with Gasteiger partial charge < -0.3 is 0 Å². The van der Waals surface area contributed by atoms with E-state index in [1.807, 2.05) is 25.1 Å². The summed E-state index contributed by atoms with van der Waals surface area (Å²) in [5.74, 6) is 3.98. The van der Waals surface area contributed by atoms with Gasteiger partial charge in [0.2, 0.25) is 0 Å². The van der Waals surface area contributed by atoms with Crippen LogP contribution in [0.25, 0.3) is 0 Å². The summed E-state index contributed by atoms with van der Waals surface area (Å²) >= 11 is 0. The Bertz CT molecular complexity index is 867. The molecule has 2 aliphatic rings. The molecule has 0 saturated heterocycles. The van der Waals surface area contributed by atoms with Crippen molar-refractivity contribution in [1.29, 1.82) is 0 Å². The van der Waals surface area contributed by atoms with Gasteiger partial charge in [0.15, 0.2) is 0 Å². The van der Waals surface area contributed by atoms with Gasteiger partial charge in [0, 0.05) is 0 Å². The van der Waals surface area contributed by atoms with Crippen LogP contribution < -0.4 is 0 Å². The zero-order valence-electron chi connectivity index (χ0n) is 20.8. The second kappa shape index (κ2) is 12.0. The highest BCUT2D eigenvalue weighted by atomic mass is 19.1. The maximum absolute atomic E-state index is 14.6. The first kappa shape index (κ1) is 24.2. The van der Waals surface area contributed by atoms with E-state index >= 15 is 0 Å². The standard InChI is InChI=1S/C32H43F/c1-3-4-6-11-30-20-21-31(23-32(30)33)29-18-16-28(17-19-29)27-14-12-25(13-15-27)22-24(2)26-9-7-5-8-10-26/h3-5,7-10,20-21,23-25,27-29H,6,11-19,22H2,1-2H3/b4-3+/t24-,25?,27?,28?,29?/m0/s1. The average Bonchev–Trinajstić information content (AvgIpc) is 2.86. The van der Waals surface area contributed by atoms with Gasteiger partial charge in [0.25, 0.3) is 0 Å². The highest BCUT2D eigenvalue weighted by molar-refractivity contribution is 5.28. The Labute approximate surface area is 201 Å². The van der Waals surface area contributed by atoms with E-state index < -0.39 is 0 Å². The Morgan fingerprint density at radius 3 is 2.18 bits per heavy atom. The Hall–Kier alpha value is -1.89. The summed E-state index contributed by atoms with van der Waals surface area (Å²) < 4.78 is 14.6. The fraction of sp³-hybridized carbons (Fsp3) is 0.562. The van der Waals surface area contributed by atoms with Gasteiger partial charge in [-0.3, -0.25) is 0 Å². The average molecular weight is 447 g/mol. The maximum atomic E-state index is 14.6. The van der Waals surface area contributed by atoms with E-state index in [9.17, 15) is 4.39 Å². The molecule has 0 aromatic heterocycles. The lowest BCUT2D eigenvalue weighted by atomic mass is 9.67. The van der Waals surface area contributed by atoms with Crippen LogP contribution in [0.4, 0.5) is 4.39 Å². The fourth-order valence-electron chi connectivity index (χ4n) is 6.66. The van der Waals surface area contributed by atoms with Crippen LogP contribution in [0.2, 0.25) is 0 Å². The van der Waals surface area contributed by atoms with Crippen LogP contribution in [-0.2, 0) is 6.42 Å². The van der Waals surface area contributed by atoms with Crippen LogP contribution >= 0.6 is 0 Å². The van der Waals surface area contributed by atoms with Crippen LogP contribution in [0.5, 0.6) is 0 Å². The number of hydrogen-bond donors (Lipinski definition) is 0. The monoisotopic (exact) mass is 446 g/mol. The third-order valence-electron chi connectivity index (χ3n) is 8.75. The molecule has 0 heterocycles. The number of hydrogen-bond acceptors (Lipinski definition) is 0. The number of halogens is 1. The van der Waals surface area contributed by atoms with Crippen LogP contribution in [-0.4, -0.2) is 0 Å². The predicted molar refractivity (Wildman–Crippen MR) is 139 cm³/mol. The molecule has 2 fully saturated rings. The highest BCUT2D eigenvalue weighted by Gasteiger charge is 2.32. The van der Waals surface area contributed by atoms with Crippen LogP contribution in [0.3, 0.4) is 0 Å². The van der Waals surface area contributed by atoms with Gasteiger partial charge in [-0.2, -0.15) is 0 Å². The summed E-state index contributed by atoms with van der Waals surface area (Å²) in [6.07, 6.45) is 18.1. The van der Waals surface area contributed by atoms with E-state index in [-0.39, 0.29) is 5.82 Å². The zero-order chi connectivity index (χ0) is 23.0. The highest BCUT2D eigenvalue weighted by Crippen LogP contribution is 2.45. The minimum atomic E-state index is 0.00202. The van der Waals surface area contributed by atoms with E-state index in [2.05, 4.69) is 49.4 Å². The van der Waals surface area contributed by atoms with Crippen molar-refractivity contribution in [1.82, 2.24) is 0 Å². The van der Waals surface area contributed by atoms with Gasteiger partial charge in [-0.15, -0.1) is 0 Å². The summed E-state index contributed by atoms with van der Waals surface area (Å²) in [6.45, 7) is 4.42. The van der Waals surface area contributed by atoms with Gasteiger partial charge in [-0.1, -0.05) is 74.4 Å². The van der Waals surface area contributed by atoms with Gasteiger partial charge in [0.1, 0.15) is 5.82 Å². The van der Waals surface area contributed by atoms with E-state index in [0.717, 1.165) is 36.2 Å². The van der Waals surface area contributed by atoms with E-state index in [1.54, 1.807) is 0 Å². The van der Waals surface area contributed by atoms with E-state index in [1.165, 1.54) is 68.9 Å². The molecule has 0 spiro atoms. The molecule has 2 aromatic rings. The van der Waals surface area contributed by atoms with Crippen molar-refractivity contribution in [3.63, 3.8) is 0 Å². The van der Waals surface area contributed by atoms with Crippen LogP contribution in [0, 0.1) is 23.6 Å². The quantitative estimate of drug-likeness (QED) is 0.354. The first-order chi connectivity index (χ1) is 16.1. The first-order valence-electron chi connectivity index (χ1n) is 13.6. The predicted octanol–water partition coefficient (Wildman–Crippen LogP) is 9.61. The molecule has 2 aliphatic carbocycles. The molecule has 0 bridgehead atoms. The summed E-state index contributed by atoms with van der Waals surface area (Å²) in [5.41, 5.74) is 3.60. The topological polar surface area (TPSA) is 0 Å². The second-order valence-corrected chi connectivity index (χ2v) is 10.9. The number of aryl methyl sites for hydroxylation is 1. The molecule has 2 aromatic carbocycles. The number of benzene rings is 2. The van der Waals surface area contributed by atoms with Crippen LogP contribution in [0.1, 0.15) is 107 Å². The van der Waals surface area contributed by atoms with E-state index in [0.29, 0.717) is 11.8 Å². The summed E-state index contributed by atoms with van der Waals surface area (Å²) in [6, 6.07) is 17.1. The molecule has 1 heteroatoms. The molecule has 0 N–H and O–H groups in total. The summed E-state index contributed by atoms with van der Waals surface area (Å²) in [4.78, 5) is 0. The van der Waals surface area contributed by atoms with Crippen molar-refractivity contribution < 1.29 is 4.39 Å². The van der Waals surface area contributed by atoms with Gasteiger partial charge in [-0.05, 0) is 117 Å². The Morgan fingerprint density at radius 2 is 1.55 bits per heavy atom. The fourth-order valence-corrected chi connectivity index (χ4v) is 6.66. The lowest BCUT2D eigenvalue weighted by molar-refractivity contribution is 0.154. The minimum absolute atomic E-state index is 0.00202. The van der Waals surface area contributed by atoms with Crippen molar-refractivity contribution in [3.05, 3.63) is 83.2 Å². The van der Waals surface area contributed by atoms with Gasteiger partial charge in [0.05, 0.1) is 0 Å². The molecule has 4 rings (SSSR count). The minimum Gasteiger partial charge on any atom is -0.207 e. The second-order valence-electron chi connectivity index (χ2n) is 10.9. The smallest absolute Gasteiger partial charge is 0.126 e. The van der Waals surface area contributed by atoms with E-state index in [4.69, 9.17) is 0 Å². The molecule has 1 atom stereocenters. The Balaban J connectivity index is 1.22. The largest absolute Gasteiger partial charge is 0.207 e. The van der Waals surface area contributed by atoms with Gasteiger partial charge >= 0.3 is 0 Å². The Kier molecular flexibility index (Phi) is 8.82. The summed E-state index contributed by atoms with van der Waals surface area (Å²) in [7, 11) is 0. The van der Waals surface area contributed by atoms with Crippen molar-refractivity contribution in [3.8, 4) is 0 Å². The molecular weight excluding hydrogens is 403 g/mol. The maximum Gasteiger partial charge on any atom is 0.126 e. The first-order valence-corrected chi connectivity index (χ1v) is 13.6. The van der Waals surface area contributed by atoms with Crippen molar-refractivity contribution in [2.45, 2.75) is 96.3 Å². The Morgan fingerprint density at radius 1 is 0.879 bits per heavy atom. The molecule has 0 unspecified atom stereocenters. The van der Waals surface area contributed by atoms with Gasteiger partial charge in [-0.25, -0.2) is 4.39 Å². The third-order valence-corrected chi connectivity index (χ3v) is 8.75. The zero-order valence-corrected chi connectivity index (χ0v) is 20.8. The molecule has 0 amide bonds. The molecular formula is C32H43F. The molecule has 0 nitrogen and oxygen atoms in total. The molecule has 33 heavy (non-hydrogen) atoms. The van der Waals surface area contributed by atoms with Crippen molar-refractivity contribution in [2.75, 3.05) is 0 Å². The molecule has 0 radical (unpaired) electrons. The normalized spacial score (nSPS) is 27.0. The third kappa shape index (κ3) is 6.58. The molecule has 2 saturated carbocycles. The van der Waals surface area contributed by atoms with Crippen LogP contribution in [0.15, 0.2) is 60.7 Å². The number of rotatable bonds is 8. The van der Waals surface area contributed by atoms with Crippen molar-refractivity contribution in [2.24, 2.45) is 17.8 Å². The lowest BCUT2D eigenvalue weighted by Gasteiger charge is -2.38. The lowest BCUT2D eigenvalue weighted by Crippen LogP contribution is -2.26.